The molecular weight excluding hydrogens is 252 g/mol. The number of nitrogen functional groups attached to an aromatic ring is 1. The van der Waals surface area contributed by atoms with Gasteiger partial charge in [-0.15, -0.1) is 0 Å². The predicted molar refractivity (Wildman–Crippen MR) is 81.6 cm³/mol. The molecule has 2 aromatic rings. The zero-order valence-electron chi connectivity index (χ0n) is 12.1. The third-order valence-corrected chi connectivity index (χ3v) is 3.19. The third kappa shape index (κ3) is 3.24. The van der Waals surface area contributed by atoms with Crippen LogP contribution in [0.4, 0.5) is 11.6 Å². The molecule has 0 bridgehead atoms. The standard InChI is InChI=1S/C15H20N4O/c1-11(10-20-3)19(2)14-9-13(16)17-15(18-14)12-7-5-4-6-8-12/h4-9,11H,10H2,1-3H3,(H2,16,17,18). The van der Waals surface area contributed by atoms with Crippen LogP contribution in [-0.4, -0.2) is 36.8 Å². The highest BCUT2D eigenvalue weighted by Gasteiger charge is 2.13. The number of nitrogens with zero attached hydrogens (tertiary/aromatic N) is 3. The van der Waals surface area contributed by atoms with E-state index in [0.29, 0.717) is 18.2 Å². The molecule has 2 N–H and O–H groups in total. The average molecular weight is 272 g/mol. The van der Waals surface area contributed by atoms with Gasteiger partial charge in [0.1, 0.15) is 11.6 Å². The van der Waals surface area contributed by atoms with Crippen LogP contribution in [0.15, 0.2) is 36.4 Å². The van der Waals surface area contributed by atoms with Crippen molar-refractivity contribution in [1.29, 1.82) is 0 Å². The Labute approximate surface area is 119 Å². The zero-order valence-corrected chi connectivity index (χ0v) is 12.1. The van der Waals surface area contributed by atoms with E-state index in [-0.39, 0.29) is 6.04 Å². The molecule has 0 aliphatic heterocycles. The second-order valence-corrected chi connectivity index (χ2v) is 4.76. The van der Waals surface area contributed by atoms with Crippen molar-refractivity contribution < 1.29 is 4.74 Å². The van der Waals surface area contributed by atoms with E-state index in [2.05, 4.69) is 16.9 Å². The molecule has 1 unspecified atom stereocenters. The number of aromatic nitrogens is 2. The minimum atomic E-state index is 0.206. The first kappa shape index (κ1) is 14.3. The first-order valence-corrected chi connectivity index (χ1v) is 6.53. The maximum Gasteiger partial charge on any atom is 0.163 e. The van der Waals surface area contributed by atoms with Crippen LogP contribution < -0.4 is 10.6 Å². The fourth-order valence-electron chi connectivity index (χ4n) is 1.93. The summed E-state index contributed by atoms with van der Waals surface area (Å²) in [7, 11) is 3.66. The van der Waals surface area contributed by atoms with Gasteiger partial charge in [0.25, 0.3) is 0 Å². The molecule has 0 fully saturated rings. The first-order chi connectivity index (χ1) is 9.61. The lowest BCUT2D eigenvalue weighted by atomic mass is 10.2. The van der Waals surface area contributed by atoms with Crippen molar-refractivity contribution in [2.75, 3.05) is 31.4 Å². The quantitative estimate of drug-likeness (QED) is 0.904. The van der Waals surface area contributed by atoms with E-state index in [4.69, 9.17) is 10.5 Å². The summed E-state index contributed by atoms with van der Waals surface area (Å²) in [4.78, 5) is 10.9. The molecule has 5 nitrogen and oxygen atoms in total. The molecule has 0 radical (unpaired) electrons. The molecule has 20 heavy (non-hydrogen) atoms. The third-order valence-electron chi connectivity index (χ3n) is 3.19. The number of hydrogen-bond donors (Lipinski definition) is 1. The summed E-state index contributed by atoms with van der Waals surface area (Å²) >= 11 is 0. The highest BCUT2D eigenvalue weighted by molar-refractivity contribution is 5.60. The SMILES string of the molecule is COCC(C)N(C)c1cc(N)nc(-c2ccccc2)n1. The highest BCUT2D eigenvalue weighted by Crippen LogP contribution is 2.21. The van der Waals surface area contributed by atoms with E-state index >= 15 is 0 Å². The smallest absolute Gasteiger partial charge is 0.163 e. The maximum atomic E-state index is 5.90. The Morgan fingerprint density at radius 1 is 1.25 bits per heavy atom. The minimum Gasteiger partial charge on any atom is -0.384 e. The van der Waals surface area contributed by atoms with Crippen molar-refractivity contribution in [3.8, 4) is 11.4 Å². The fraction of sp³-hybridized carbons (Fsp3) is 0.333. The van der Waals surface area contributed by atoms with Crippen LogP contribution in [0, 0.1) is 0 Å². The number of rotatable bonds is 5. The van der Waals surface area contributed by atoms with Crippen LogP contribution in [0.5, 0.6) is 0 Å². The van der Waals surface area contributed by atoms with Gasteiger partial charge in [0.2, 0.25) is 0 Å². The van der Waals surface area contributed by atoms with Gasteiger partial charge < -0.3 is 15.4 Å². The Hall–Kier alpha value is -2.14. The molecule has 106 valence electrons. The lowest BCUT2D eigenvalue weighted by molar-refractivity contribution is 0.183. The minimum absolute atomic E-state index is 0.206. The van der Waals surface area contributed by atoms with Crippen LogP contribution in [-0.2, 0) is 4.74 Å². The second kappa shape index (κ2) is 6.34. The van der Waals surface area contributed by atoms with Gasteiger partial charge in [-0.3, -0.25) is 0 Å². The van der Waals surface area contributed by atoms with Gasteiger partial charge in [0.05, 0.1) is 12.6 Å². The van der Waals surface area contributed by atoms with Crippen molar-refractivity contribution in [2.24, 2.45) is 0 Å². The molecule has 0 spiro atoms. The van der Waals surface area contributed by atoms with Gasteiger partial charge in [-0.05, 0) is 6.92 Å². The van der Waals surface area contributed by atoms with Gasteiger partial charge in [-0.2, -0.15) is 0 Å². The molecule has 1 aromatic carbocycles. The topological polar surface area (TPSA) is 64.3 Å². The highest BCUT2D eigenvalue weighted by atomic mass is 16.5. The summed E-state index contributed by atoms with van der Waals surface area (Å²) in [6.45, 7) is 2.70. The van der Waals surface area contributed by atoms with Gasteiger partial charge >= 0.3 is 0 Å². The van der Waals surface area contributed by atoms with E-state index in [1.54, 1.807) is 13.2 Å². The second-order valence-electron chi connectivity index (χ2n) is 4.76. The molecule has 0 aliphatic rings. The van der Waals surface area contributed by atoms with Crippen LogP contribution in [0.25, 0.3) is 11.4 Å². The van der Waals surface area contributed by atoms with Crippen LogP contribution in [0.1, 0.15) is 6.92 Å². The lowest BCUT2D eigenvalue weighted by Gasteiger charge is -2.25. The van der Waals surface area contributed by atoms with E-state index in [9.17, 15) is 0 Å². The maximum absolute atomic E-state index is 5.90. The average Bonchev–Trinajstić information content (AvgIpc) is 2.47. The molecule has 5 heteroatoms. The fourth-order valence-corrected chi connectivity index (χ4v) is 1.93. The van der Waals surface area contributed by atoms with Crippen molar-refractivity contribution in [2.45, 2.75) is 13.0 Å². The van der Waals surface area contributed by atoms with Gasteiger partial charge in [0, 0.05) is 25.8 Å². The Bertz CT molecular complexity index is 559. The van der Waals surface area contributed by atoms with E-state index in [1.807, 2.05) is 42.3 Å². The molecule has 0 amide bonds. The summed E-state index contributed by atoms with van der Waals surface area (Å²) in [5.74, 6) is 1.89. The van der Waals surface area contributed by atoms with Crippen molar-refractivity contribution in [3.63, 3.8) is 0 Å². The molecular formula is C15H20N4O. The molecule has 0 saturated heterocycles. The molecule has 0 saturated carbocycles. The van der Waals surface area contributed by atoms with Crippen molar-refractivity contribution >= 4 is 11.6 Å². The summed E-state index contributed by atoms with van der Waals surface area (Å²) < 4.78 is 5.18. The number of methoxy groups -OCH3 is 1. The van der Waals surface area contributed by atoms with E-state index in [0.717, 1.165) is 11.4 Å². The normalized spacial score (nSPS) is 12.2. The number of benzene rings is 1. The van der Waals surface area contributed by atoms with Gasteiger partial charge in [-0.1, -0.05) is 30.3 Å². The molecule has 1 heterocycles. The molecule has 2 rings (SSSR count). The van der Waals surface area contributed by atoms with Crippen molar-refractivity contribution in [3.05, 3.63) is 36.4 Å². The van der Waals surface area contributed by atoms with Gasteiger partial charge in [-0.25, -0.2) is 9.97 Å². The van der Waals surface area contributed by atoms with Crippen LogP contribution in [0.2, 0.25) is 0 Å². The molecule has 1 aromatic heterocycles. The predicted octanol–water partition coefficient (Wildman–Crippen LogP) is 2.20. The Balaban J connectivity index is 2.34. The number of anilines is 2. The number of hydrogen-bond acceptors (Lipinski definition) is 5. The number of nitrogens with two attached hydrogens (primary N) is 1. The Morgan fingerprint density at radius 2 is 1.95 bits per heavy atom. The summed E-state index contributed by atoms with van der Waals surface area (Å²) in [5.41, 5.74) is 6.85. The summed E-state index contributed by atoms with van der Waals surface area (Å²) in [6, 6.07) is 11.8. The Kier molecular flexibility index (Phi) is 4.53. The monoisotopic (exact) mass is 272 g/mol. The van der Waals surface area contributed by atoms with Crippen LogP contribution >= 0.6 is 0 Å². The number of ether oxygens (including phenoxy) is 1. The van der Waals surface area contributed by atoms with Gasteiger partial charge in [0.15, 0.2) is 5.82 Å². The van der Waals surface area contributed by atoms with Crippen LogP contribution in [0.3, 0.4) is 0 Å². The summed E-state index contributed by atoms with van der Waals surface area (Å²) in [5, 5.41) is 0. The lowest BCUT2D eigenvalue weighted by Crippen LogP contribution is -2.33. The molecule has 0 aliphatic carbocycles. The Morgan fingerprint density at radius 3 is 2.60 bits per heavy atom. The van der Waals surface area contributed by atoms with E-state index in [1.165, 1.54) is 0 Å². The van der Waals surface area contributed by atoms with Crippen molar-refractivity contribution in [1.82, 2.24) is 9.97 Å². The molecule has 1 atom stereocenters. The number of likely N-dealkylation sites (N-methyl/N-ethyl adjacent to an activating group) is 1. The van der Waals surface area contributed by atoms with E-state index < -0.39 is 0 Å². The zero-order chi connectivity index (χ0) is 14.5. The summed E-state index contributed by atoms with van der Waals surface area (Å²) in [6.07, 6.45) is 0. The first-order valence-electron chi connectivity index (χ1n) is 6.53. The largest absolute Gasteiger partial charge is 0.384 e.